The van der Waals surface area contributed by atoms with E-state index in [1.165, 1.54) is 0 Å². The summed E-state index contributed by atoms with van der Waals surface area (Å²) in [5.74, 6) is -0.323. The van der Waals surface area contributed by atoms with Gasteiger partial charge in [-0.25, -0.2) is 0 Å². The number of carbonyl (C=O) groups is 2. The first-order chi connectivity index (χ1) is 11.9. The summed E-state index contributed by atoms with van der Waals surface area (Å²) >= 11 is 15.5. The summed E-state index contributed by atoms with van der Waals surface area (Å²) in [5, 5.41) is 0.930. The molecule has 7 heteroatoms. The molecule has 130 valence electrons. The minimum Gasteiger partial charge on any atom is -0.325 e. The Balaban J connectivity index is 1.81. The molecule has 3 rings (SSSR count). The van der Waals surface area contributed by atoms with E-state index in [0.29, 0.717) is 34.4 Å². The second-order valence-corrected chi connectivity index (χ2v) is 7.53. The van der Waals surface area contributed by atoms with Gasteiger partial charge in [0.25, 0.3) is 5.91 Å². The molecule has 1 atom stereocenters. The van der Waals surface area contributed by atoms with E-state index < -0.39 is 6.04 Å². The van der Waals surface area contributed by atoms with Crippen LogP contribution in [0.1, 0.15) is 17.3 Å². The lowest BCUT2D eigenvalue weighted by atomic mass is 10.1. The smallest absolute Gasteiger partial charge is 0.254 e. The first kappa shape index (κ1) is 18.2. The Morgan fingerprint density at radius 1 is 1.12 bits per heavy atom. The zero-order valence-corrected chi connectivity index (χ0v) is 16.5. The molecule has 0 bridgehead atoms. The van der Waals surface area contributed by atoms with Crippen molar-refractivity contribution in [2.45, 2.75) is 13.0 Å². The largest absolute Gasteiger partial charge is 0.325 e. The van der Waals surface area contributed by atoms with Crippen LogP contribution in [0.3, 0.4) is 0 Å². The van der Waals surface area contributed by atoms with Gasteiger partial charge in [0.05, 0.1) is 10.7 Å². The standard InChI is InChI=1S/C18H15BrCl2N2O2/c1-11-17(24)23(16-7-6-14(20)10-15(16)21)9-8-22(11)18(25)12-2-4-13(19)5-3-12/h2-7,10-11H,8-9H2,1H3/t11-/m0/s1. The van der Waals surface area contributed by atoms with Gasteiger partial charge < -0.3 is 9.80 Å². The molecule has 2 aromatic carbocycles. The van der Waals surface area contributed by atoms with Crippen LogP contribution in [0.4, 0.5) is 5.69 Å². The third-order valence-corrected chi connectivity index (χ3v) is 5.27. The molecule has 1 fully saturated rings. The molecule has 0 radical (unpaired) electrons. The molecule has 0 aliphatic carbocycles. The molecule has 1 aliphatic heterocycles. The van der Waals surface area contributed by atoms with Crippen molar-refractivity contribution in [3.63, 3.8) is 0 Å². The van der Waals surface area contributed by atoms with Crippen LogP contribution < -0.4 is 4.90 Å². The first-order valence-corrected chi connectivity index (χ1v) is 9.26. The van der Waals surface area contributed by atoms with E-state index in [4.69, 9.17) is 23.2 Å². The SMILES string of the molecule is C[C@H]1C(=O)N(c2ccc(Cl)cc2Cl)CCN1C(=O)c1ccc(Br)cc1. The highest BCUT2D eigenvalue weighted by Crippen LogP contribution is 2.31. The molecular formula is C18H15BrCl2N2O2. The molecule has 25 heavy (non-hydrogen) atoms. The minimum atomic E-state index is -0.573. The summed E-state index contributed by atoms with van der Waals surface area (Å²) in [7, 11) is 0. The first-order valence-electron chi connectivity index (χ1n) is 7.71. The van der Waals surface area contributed by atoms with Gasteiger partial charge >= 0.3 is 0 Å². The highest BCUT2D eigenvalue weighted by Gasteiger charge is 2.36. The van der Waals surface area contributed by atoms with Gasteiger partial charge in [-0.2, -0.15) is 0 Å². The normalized spacial score (nSPS) is 17.8. The summed E-state index contributed by atoms with van der Waals surface area (Å²) < 4.78 is 0.898. The number of hydrogen-bond donors (Lipinski definition) is 0. The molecule has 0 aromatic heterocycles. The molecule has 1 aliphatic rings. The molecule has 1 saturated heterocycles. The topological polar surface area (TPSA) is 40.6 Å². The maximum absolute atomic E-state index is 12.8. The van der Waals surface area contributed by atoms with Crippen LogP contribution in [0.15, 0.2) is 46.9 Å². The van der Waals surface area contributed by atoms with Crippen LogP contribution in [-0.2, 0) is 4.79 Å². The quantitative estimate of drug-likeness (QED) is 0.681. The number of halogens is 3. The van der Waals surface area contributed by atoms with Crippen LogP contribution in [0.25, 0.3) is 0 Å². The lowest BCUT2D eigenvalue weighted by Gasteiger charge is -2.39. The van der Waals surface area contributed by atoms with Crippen molar-refractivity contribution in [3.8, 4) is 0 Å². The maximum atomic E-state index is 12.8. The number of nitrogens with zero attached hydrogens (tertiary/aromatic N) is 2. The minimum absolute atomic E-state index is 0.157. The van der Waals surface area contributed by atoms with Crippen LogP contribution >= 0.6 is 39.1 Å². The van der Waals surface area contributed by atoms with E-state index in [1.54, 1.807) is 47.1 Å². The van der Waals surface area contributed by atoms with Gasteiger partial charge in [0, 0.05) is 28.1 Å². The average molecular weight is 442 g/mol. The highest BCUT2D eigenvalue weighted by molar-refractivity contribution is 9.10. The van der Waals surface area contributed by atoms with Crippen molar-refractivity contribution in [2.75, 3.05) is 18.0 Å². The second-order valence-electron chi connectivity index (χ2n) is 5.77. The van der Waals surface area contributed by atoms with Crippen molar-refractivity contribution in [1.82, 2.24) is 4.90 Å². The Kier molecular flexibility index (Phi) is 5.37. The zero-order chi connectivity index (χ0) is 18.1. The van der Waals surface area contributed by atoms with E-state index in [0.717, 1.165) is 4.47 Å². The van der Waals surface area contributed by atoms with E-state index in [1.807, 2.05) is 12.1 Å². The molecule has 0 unspecified atom stereocenters. The van der Waals surface area contributed by atoms with Crippen LogP contribution in [-0.4, -0.2) is 35.8 Å². The number of amides is 2. The maximum Gasteiger partial charge on any atom is 0.254 e. The van der Waals surface area contributed by atoms with E-state index in [-0.39, 0.29) is 11.8 Å². The van der Waals surface area contributed by atoms with Crippen molar-refractivity contribution in [2.24, 2.45) is 0 Å². The number of anilines is 1. The fourth-order valence-electron chi connectivity index (χ4n) is 2.85. The van der Waals surface area contributed by atoms with E-state index >= 15 is 0 Å². The van der Waals surface area contributed by atoms with Gasteiger partial charge in [-0.05, 0) is 49.4 Å². The van der Waals surface area contributed by atoms with Crippen LogP contribution in [0, 0.1) is 0 Å². The summed E-state index contributed by atoms with van der Waals surface area (Å²) in [4.78, 5) is 28.7. The van der Waals surface area contributed by atoms with Crippen molar-refractivity contribution >= 4 is 56.6 Å². The third-order valence-electron chi connectivity index (χ3n) is 4.21. The summed E-state index contributed by atoms with van der Waals surface area (Å²) in [5.41, 5.74) is 1.17. The number of piperazine rings is 1. The Morgan fingerprint density at radius 3 is 2.44 bits per heavy atom. The molecule has 2 amide bonds. The monoisotopic (exact) mass is 440 g/mol. The average Bonchev–Trinajstić information content (AvgIpc) is 2.58. The van der Waals surface area contributed by atoms with E-state index in [9.17, 15) is 9.59 Å². The number of rotatable bonds is 2. The van der Waals surface area contributed by atoms with Crippen LogP contribution in [0.5, 0.6) is 0 Å². The molecule has 0 saturated carbocycles. The van der Waals surface area contributed by atoms with Gasteiger partial charge in [-0.1, -0.05) is 39.1 Å². The third kappa shape index (κ3) is 3.68. The van der Waals surface area contributed by atoms with Gasteiger partial charge in [0.15, 0.2) is 0 Å². The fourth-order valence-corrected chi connectivity index (χ4v) is 3.62. The summed E-state index contributed by atoms with van der Waals surface area (Å²) in [6, 6.07) is 11.6. The Morgan fingerprint density at radius 2 is 1.80 bits per heavy atom. The number of benzene rings is 2. The van der Waals surface area contributed by atoms with Crippen molar-refractivity contribution < 1.29 is 9.59 Å². The summed E-state index contributed by atoms with van der Waals surface area (Å²) in [6.07, 6.45) is 0. The van der Waals surface area contributed by atoms with Crippen LogP contribution in [0.2, 0.25) is 10.0 Å². The lowest BCUT2D eigenvalue weighted by Crippen LogP contribution is -2.57. The predicted octanol–water partition coefficient (Wildman–Crippen LogP) is 4.63. The van der Waals surface area contributed by atoms with E-state index in [2.05, 4.69) is 15.9 Å². The lowest BCUT2D eigenvalue weighted by molar-refractivity contribution is -0.124. The molecule has 1 heterocycles. The molecule has 4 nitrogen and oxygen atoms in total. The summed E-state index contributed by atoms with van der Waals surface area (Å²) in [6.45, 7) is 2.54. The van der Waals surface area contributed by atoms with Gasteiger partial charge in [-0.15, -0.1) is 0 Å². The second kappa shape index (κ2) is 7.36. The molecule has 2 aromatic rings. The fraction of sp³-hybridized carbons (Fsp3) is 0.222. The Labute approximate surface area is 164 Å². The number of hydrogen-bond acceptors (Lipinski definition) is 2. The van der Waals surface area contributed by atoms with Gasteiger partial charge in [-0.3, -0.25) is 9.59 Å². The van der Waals surface area contributed by atoms with Crippen molar-refractivity contribution in [1.29, 1.82) is 0 Å². The Bertz CT molecular complexity index is 826. The zero-order valence-electron chi connectivity index (χ0n) is 13.4. The van der Waals surface area contributed by atoms with Gasteiger partial charge in [0.2, 0.25) is 5.91 Å². The molecular weight excluding hydrogens is 427 g/mol. The highest BCUT2D eigenvalue weighted by atomic mass is 79.9. The van der Waals surface area contributed by atoms with Gasteiger partial charge in [0.1, 0.15) is 6.04 Å². The molecule has 0 N–H and O–H groups in total. The number of carbonyl (C=O) groups excluding carboxylic acids is 2. The van der Waals surface area contributed by atoms with Crippen molar-refractivity contribution in [3.05, 3.63) is 62.5 Å². The Hall–Kier alpha value is -1.56. The molecule has 0 spiro atoms. The predicted molar refractivity (Wildman–Crippen MR) is 103 cm³/mol.